The fourth-order valence-corrected chi connectivity index (χ4v) is 3.29. The van der Waals surface area contributed by atoms with E-state index in [4.69, 9.17) is 15.3 Å². The molecule has 0 amide bonds. The van der Waals surface area contributed by atoms with Crippen molar-refractivity contribution in [3.05, 3.63) is 54.9 Å². The van der Waals surface area contributed by atoms with Gasteiger partial charge in [-0.2, -0.15) is 10.5 Å². The lowest BCUT2D eigenvalue weighted by atomic mass is 10.1. The normalized spacial score (nSPS) is 11.1. The zero-order chi connectivity index (χ0) is 17.5. The fraction of sp³-hybridized carbons (Fsp3) is 0.278. The maximum Gasteiger partial charge on any atom is 0.269 e. The summed E-state index contributed by atoms with van der Waals surface area (Å²) in [5.41, 5.74) is 1.82. The van der Waals surface area contributed by atoms with Gasteiger partial charge in [0.15, 0.2) is 5.57 Å². The Labute approximate surface area is 144 Å². The highest BCUT2D eigenvalue weighted by molar-refractivity contribution is 7.07. The minimum Gasteiger partial charge on any atom is -0.385 e. The van der Waals surface area contributed by atoms with E-state index in [9.17, 15) is 4.79 Å². The van der Waals surface area contributed by atoms with Gasteiger partial charge in [-0.3, -0.25) is 9.36 Å². The van der Waals surface area contributed by atoms with Crippen LogP contribution >= 0.6 is 11.3 Å². The lowest BCUT2D eigenvalue weighted by Gasteiger charge is -2.01. The third kappa shape index (κ3) is 3.99. The number of ether oxygens (including phenoxy) is 1. The van der Waals surface area contributed by atoms with Gasteiger partial charge in [-0.05, 0) is 25.0 Å². The first-order valence-corrected chi connectivity index (χ1v) is 8.24. The molecule has 2 aromatic rings. The van der Waals surface area contributed by atoms with Crippen molar-refractivity contribution in [3.8, 4) is 12.1 Å². The van der Waals surface area contributed by atoms with Crippen molar-refractivity contribution in [2.24, 2.45) is 0 Å². The average molecular weight is 339 g/mol. The van der Waals surface area contributed by atoms with E-state index in [0.717, 1.165) is 11.1 Å². The van der Waals surface area contributed by atoms with Crippen molar-refractivity contribution in [1.82, 2.24) is 4.57 Å². The molecule has 0 fully saturated rings. The molecule has 0 radical (unpaired) electrons. The summed E-state index contributed by atoms with van der Waals surface area (Å²) >= 11 is 1.17. The number of nitrogens with zero attached hydrogens (tertiary/aromatic N) is 3. The number of nitriles is 2. The van der Waals surface area contributed by atoms with Crippen LogP contribution in [0.15, 0.2) is 29.1 Å². The summed E-state index contributed by atoms with van der Waals surface area (Å²) in [6.45, 7) is 2.91. The molecule has 1 aromatic heterocycles. The SMILES string of the molecule is COCCCn1c(=C(C#N)C#N)s/c(=C\c2ccc(C)cc2)c1=O. The van der Waals surface area contributed by atoms with E-state index in [1.807, 2.05) is 43.3 Å². The number of thiazole rings is 1. The Morgan fingerprint density at radius 3 is 2.54 bits per heavy atom. The zero-order valence-electron chi connectivity index (χ0n) is 13.6. The Bertz CT molecular complexity index is 954. The Kier molecular flexibility index (Phi) is 6.08. The molecule has 0 unspecified atom stereocenters. The highest BCUT2D eigenvalue weighted by Gasteiger charge is 2.09. The van der Waals surface area contributed by atoms with E-state index in [1.165, 1.54) is 15.9 Å². The molecule has 0 aliphatic heterocycles. The second-order valence-electron chi connectivity index (χ2n) is 5.23. The van der Waals surface area contributed by atoms with Gasteiger partial charge in [0.05, 0.1) is 4.53 Å². The molecule has 122 valence electrons. The van der Waals surface area contributed by atoms with E-state index < -0.39 is 0 Å². The van der Waals surface area contributed by atoms with E-state index in [1.54, 1.807) is 13.2 Å². The van der Waals surface area contributed by atoms with Gasteiger partial charge in [0.25, 0.3) is 5.56 Å². The Morgan fingerprint density at radius 1 is 1.29 bits per heavy atom. The largest absolute Gasteiger partial charge is 0.385 e. The zero-order valence-corrected chi connectivity index (χ0v) is 14.4. The molecule has 0 N–H and O–H groups in total. The third-order valence-corrected chi connectivity index (χ3v) is 4.58. The minimum atomic E-state index is -0.185. The molecule has 0 spiro atoms. The van der Waals surface area contributed by atoms with Crippen LogP contribution in [0.3, 0.4) is 0 Å². The summed E-state index contributed by atoms with van der Waals surface area (Å²) in [6, 6.07) is 11.6. The number of hydrogen-bond donors (Lipinski definition) is 0. The molecule has 0 aliphatic rings. The topological polar surface area (TPSA) is 78.8 Å². The molecule has 0 aliphatic carbocycles. The van der Waals surface area contributed by atoms with E-state index in [0.29, 0.717) is 28.8 Å². The van der Waals surface area contributed by atoms with Crippen LogP contribution in [-0.2, 0) is 11.3 Å². The smallest absolute Gasteiger partial charge is 0.269 e. The van der Waals surface area contributed by atoms with Gasteiger partial charge in [-0.25, -0.2) is 0 Å². The molecule has 6 heteroatoms. The van der Waals surface area contributed by atoms with E-state index in [-0.39, 0.29) is 11.1 Å². The lowest BCUT2D eigenvalue weighted by Crippen LogP contribution is -2.32. The molecule has 0 atom stereocenters. The molecule has 5 nitrogen and oxygen atoms in total. The van der Waals surface area contributed by atoms with Gasteiger partial charge in [0.2, 0.25) is 0 Å². The van der Waals surface area contributed by atoms with Crippen molar-refractivity contribution < 1.29 is 4.74 Å². The Morgan fingerprint density at radius 2 is 1.96 bits per heavy atom. The molecule has 0 bridgehead atoms. The van der Waals surface area contributed by atoms with Gasteiger partial charge in [0, 0.05) is 20.3 Å². The quantitative estimate of drug-likeness (QED) is 0.769. The minimum absolute atomic E-state index is 0.0435. The number of benzene rings is 1. The first kappa shape index (κ1) is 17.7. The molecule has 1 heterocycles. The summed E-state index contributed by atoms with van der Waals surface area (Å²) in [6.07, 6.45) is 2.42. The summed E-state index contributed by atoms with van der Waals surface area (Å²) in [4.78, 5) is 12.7. The summed E-state index contributed by atoms with van der Waals surface area (Å²) in [5, 5.41) is 18.3. The summed E-state index contributed by atoms with van der Waals surface area (Å²) in [5.74, 6) is 0. The molecule has 0 saturated carbocycles. The molecular weight excluding hydrogens is 322 g/mol. The van der Waals surface area contributed by atoms with Crippen molar-refractivity contribution in [1.29, 1.82) is 10.5 Å². The van der Waals surface area contributed by atoms with Crippen LogP contribution in [0.25, 0.3) is 11.6 Å². The fourth-order valence-electron chi connectivity index (χ4n) is 2.21. The molecule has 24 heavy (non-hydrogen) atoms. The maximum absolute atomic E-state index is 12.7. The lowest BCUT2D eigenvalue weighted by molar-refractivity contribution is 0.190. The first-order valence-electron chi connectivity index (χ1n) is 7.42. The van der Waals surface area contributed by atoms with Crippen molar-refractivity contribution in [2.75, 3.05) is 13.7 Å². The molecule has 2 rings (SSSR count). The van der Waals surface area contributed by atoms with Crippen LogP contribution in [0.2, 0.25) is 0 Å². The predicted molar refractivity (Wildman–Crippen MR) is 93.7 cm³/mol. The Hall–Kier alpha value is -2.67. The van der Waals surface area contributed by atoms with Gasteiger partial charge < -0.3 is 4.74 Å². The molecular formula is C18H17N3O2S. The number of rotatable bonds is 5. The van der Waals surface area contributed by atoms with Crippen molar-refractivity contribution in [3.63, 3.8) is 0 Å². The molecule has 0 saturated heterocycles. The monoisotopic (exact) mass is 339 g/mol. The van der Waals surface area contributed by atoms with Crippen molar-refractivity contribution in [2.45, 2.75) is 19.9 Å². The highest BCUT2D eigenvalue weighted by Crippen LogP contribution is 2.03. The number of hydrogen-bond acceptors (Lipinski definition) is 5. The van der Waals surface area contributed by atoms with Crippen LogP contribution in [0.1, 0.15) is 17.5 Å². The standard InChI is InChI=1S/C18H17N3O2S/c1-13-4-6-14(7-5-13)10-16-17(22)21(8-3-9-23-2)18(24-16)15(11-19)12-20/h4-7,10H,3,8-9H2,1-2H3/b16-10-. The van der Waals surface area contributed by atoms with Gasteiger partial charge >= 0.3 is 0 Å². The van der Waals surface area contributed by atoms with Gasteiger partial charge in [-0.15, -0.1) is 11.3 Å². The first-order chi connectivity index (χ1) is 11.6. The van der Waals surface area contributed by atoms with E-state index in [2.05, 4.69) is 0 Å². The number of methoxy groups -OCH3 is 1. The summed E-state index contributed by atoms with van der Waals surface area (Å²) < 4.78 is 7.42. The van der Waals surface area contributed by atoms with Crippen LogP contribution in [0, 0.1) is 29.6 Å². The van der Waals surface area contributed by atoms with E-state index >= 15 is 0 Å². The third-order valence-electron chi connectivity index (χ3n) is 3.45. The van der Waals surface area contributed by atoms with Crippen LogP contribution in [0.4, 0.5) is 0 Å². The number of aryl methyl sites for hydroxylation is 1. The number of aromatic nitrogens is 1. The highest BCUT2D eigenvalue weighted by atomic mass is 32.1. The van der Waals surface area contributed by atoms with Crippen LogP contribution < -0.4 is 14.8 Å². The van der Waals surface area contributed by atoms with Crippen LogP contribution in [0.5, 0.6) is 0 Å². The van der Waals surface area contributed by atoms with Gasteiger partial charge in [0.1, 0.15) is 16.8 Å². The van der Waals surface area contributed by atoms with Crippen molar-refractivity contribution >= 4 is 23.0 Å². The van der Waals surface area contributed by atoms with Crippen LogP contribution in [-0.4, -0.2) is 18.3 Å². The Balaban J connectivity index is 2.64. The van der Waals surface area contributed by atoms with Gasteiger partial charge in [-0.1, -0.05) is 29.8 Å². The second kappa shape index (κ2) is 8.26. The second-order valence-corrected chi connectivity index (χ2v) is 6.26. The average Bonchev–Trinajstić information content (AvgIpc) is 2.88. The molecule has 1 aromatic carbocycles. The summed E-state index contributed by atoms with van der Waals surface area (Å²) in [7, 11) is 1.59. The maximum atomic E-state index is 12.7. The predicted octanol–water partition coefficient (Wildman–Crippen LogP) is 1.28.